The van der Waals surface area contributed by atoms with Crippen molar-refractivity contribution in [3.05, 3.63) is 0 Å². The van der Waals surface area contributed by atoms with Gasteiger partial charge in [0.2, 0.25) is 11.8 Å². The minimum absolute atomic E-state index is 0.00307. The van der Waals surface area contributed by atoms with Crippen LogP contribution in [0.25, 0.3) is 0 Å². The van der Waals surface area contributed by atoms with Crippen molar-refractivity contribution in [1.29, 1.82) is 0 Å². The Hall–Kier alpha value is -1.54. The number of nitrogens with zero attached hydrogens (tertiary/aromatic N) is 2. The molecular weight excluding hydrogens is 278 g/mol. The van der Waals surface area contributed by atoms with Crippen molar-refractivity contribution in [2.75, 3.05) is 39.8 Å². The fourth-order valence-electron chi connectivity index (χ4n) is 2.40. The zero-order chi connectivity index (χ0) is 16.2. The zero-order valence-electron chi connectivity index (χ0n) is 14.0. The molecule has 5 nitrogen and oxygen atoms in total. The van der Waals surface area contributed by atoms with E-state index in [-0.39, 0.29) is 11.8 Å². The Balaban J connectivity index is 2.03. The first-order valence-corrected chi connectivity index (χ1v) is 8.26. The smallest absolute Gasteiger partial charge is 0.223 e. The summed E-state index contributed by atoms with van der Waals surface area (Å²) in [4.78, 5) is 26.7. The molecule has 1 fully saturated rings. The van der Waals surface area contributed by atoms with E-state index in [2.05, 4.69) is 22.1 Å². The number of likely N-dealkylation sites (tertiary alicyclic amines) is 1. The van der Waals surface area contributed by atoms with Gasteiger partial charge in [0.25, 0.3) is 0 Å². The Morgan fingerprint density at radius 3 is 2.55 bits per heavy atom. The summed E-state index contributed by atoms with van der Waals surface area (Å²) in [6, 6.07) is 0. The first kappa shape index (κ1) is 18.5. The lowest BCUT2D eigenvalue weighted by molar-refractivity contribution is -0.129. The molecule has 0 atom stereocenters. The van der Waals surface area contributed by atoms with Crippen LogP contribution < -0.4 is 5.32 Å². The summed E-state index contributed by atoms with van der Waals surface area (Å²) in [5, 5.41) is 2.76. The maximum Gasteiger partial charge on any atom is 0.223 e. The maximum atomic E-state index is 11.9. The van der Waals surface area contributed by atoms with Gasteiger partial charge in [-0.2, -0.15) is 0 Å². The highest BCUT2D eigenvalue weighted by molar-refractivity contribution is 5.76. The highest BCUT2D eigenvalue weighted by Crippen LogP contribution is 2.05. The molecule has 0 aromatic heterocycles. The molecule has 0 bridgehead atoms. The highest BCUT2D eigenvalue weighted by Gasteiger charge is 2.09. The molecule has 22 heavy (non-hydrogen) atoms. The van der Waals surface area contributed by atoms with E-state index in [9.17, 15) is 9.59 Å². The van der Waals surface area contributed by atoms with Crippen LogP contribution in [0, 0.1) is 11.8 Å². The molecule has 1 saturated heterocycles. The number of nitrogens with one attached hydrogen (secondary N) is 1. The molecule has 0 aromatic carbocycles. The predicted molar refractivity (Wildman–Crippen MR) is 88.2 cm³/mol. The largest absolute Gasteiger partial charge is 0.356 e. The van der Waals surface area contributed by atoms with Gasteiger partial charge >= 0.3 is 0 Å². The van der Waals surface area contributed by atoms with Crippen molar-refractivity contribution in [3.8, 4) is 11.8 Å². The van der Waals surface area contributed by atoms with Crippen molar-refractivity contribution >= 4 is 11.8 Å². The molecule has 124 valence electrons. The fraction of sp³-hybridized carbons (Fsp3) is 0.765. The molecule has 1 aliphatic heterocycles. The SMILES string of the molecule is CC(=O)NCCCCCC(=O)N(C)CC#CCN1CCCC1. The van der Waals surface area contributed by atoms with E-state index in [0.717, 1.165) is 38.9 Å². The second-order valence-electron chi connectivity index (χ2n) is 5.88. The number of carbonyl (C=O) groups is 2. The van der Waals surface area contributed by atoms with Crippen LogP contribution in [0.15, 0.2) is 0 Å². The van der Waals surface area contributed by atoms with Gasteiger partial charge in [0, 0.05) is 26.9 Å². The lowest BCUT2D eigenvalue weighted by Gasteiger charge is -2.14. The minimum atomic E-state index is 0.00307. The molecule has 0 saturated carbocycles. The molecule has 2 amide bonds. The number of rotatable bonds is 8. The van der Waals surface area contributed by atoms with Gasteiger partial charge in [-0.25, -0.2) is 0 Å². The second kappa shape index (κ2) is 11.1. The van der Waals surface area contributed by atoms with E-state index in [4.69, 9.17) is 0 Å². The third-order valence-corrected chi connectivity index (χ3v) is 3.81. The predicted octanol–water partition coefficient (Wildman–Crippen LogP) is 1.24. The van der Waals surface area contributed by atoms with Gasteiger partial charge in [-0.15, -0.1) is 0 Å². The standard InChI is InChI=1S/C17H29N3O2/c1-16(21)18-11-5-3-4-10-17(22)19(2)12-6-7-13-20-14-8-9-15-20/h3-5,8-15H2,1-2H3,(H,18,21). The van der Waals surface area contributed by atoms with Crippen LogP contribution in [0.2, 0.25) is 0 Å². The van der Waals surface area contributed by atoms with E-state index < -0.39 is 0 Å². The van der Waals surface area contributed by atoms with Gasteiger partial charge in [0.05, 0.1) is 13.1 Å². The normalized spacial score (nSPS) is 14.3. The number of hydrogen-bond donors (Lipinski definition) is 1. The van der Waals surface area contributed by atoms with Crippen molar-refractivity contribution < 1.29 is 9.59 Å². The Kier molecular flexibility index (Phi) is 9.33. The van der Waals surface area contributed by atoms with Gasteiger partial charge < -0.3 is 10.2 Å². The Morgan fingerprint density at radius 2 is 1.86 bits per heavy atom. The van der Waals surface area contributed by atoms with Gasteiger partial charge in [-0.3, -0.25) is 14.5 Å². The van der Waals surface area contributed by atoms with E-state index >= 15 is 0 Å². The van der Waals surface area contributed by atoms with Crippen molar-refractivity contribution in [3.63, 3.8) is 0 Å². The van der Waals surface area contributed by atoms with E-state index in [0.29, 0.717) is 19.5 Å². The first-order valence-electron chi connectivity index (χ1n) is 8.26. The van der Waals surface area contributed by atoms with Crippen molar-refractivity contribution in [2.24, 2.45) is 0 Å². The third kappa shape index (κ3) is 8.68. The van der Waals surface area contributed by atoms with Crippen LogP contribution in [0.5, 0.6) is 0 Å². The van der Waals surface area contributed by atoms with Crippen molar-refractivity contribution in [1.82, 2.24) is 15.1 Å². The third-order valence-electron chi connectivity index (χ3n) is 3.81. The lowest BCUT2D eigenvalue weighted by atomic mass is 10.2. The zero-order valence-corrected chi connectivity index (χ0v) is 14.0. The van der Waals surface area contributed by atoms with Gasteiger partial charge in [-0.05, 0) is 38.8 Å². The molecule has 0 unspecified atom stereocenters. The fourth-order valence-corrected chi connectivity index (χ4v) is 2.40. The molecule has 5 heteroatoms. The molecule has 0 aliphatic carbocycles. The monoisotopic (exact) mass is 307 g/mol. The number of hydrogen-bond acceptors (Lipinski definition) is 3. The van der Waals surface area contributed by atoms with Crippen LogP contribution in [0.3, 0.4) is 0 Å². The summed E-state index contributed by atoms with van der Waals surface area (Å²) in [5.74, 6) is 6.38. The minimum Gasteiger partial charge on any atom is -0.356 e. The number of unbranched alkanes of at least 4 members (excludes halogenated alkanes) is 2. The Labute approximate surface area is 134 Å². The number of carbonyl (C=O) groups excluding carboxylic acids is 2. The summed E-state index contributed by atoms with van der Waals surface area (Å²) in [6.07, 6.45) is 5.87. The number of amides is 2. The summed E-state index contributed by atoms with van der Waals surface area (Å²) in [7, 11) is 1.81. The molecule has 0 aromatic rings. The van der Waals surface area contributed by atoms with Crippen LogP contribution in [-0.4, -0.2) is 61.4 Å². The van der Waals surface area contributed by atoms with Crippen molar-refractivity contribution in [2.45, 2.75) is 45.4 Å². The quantitative estimate of drug-likeness (QED) is 0.542. The van der Waals surface area contributed by atoms with Crippen LogP contribution >= 0.6 is 0 Å². The average Bonchev–Trinajstić information content (AvgIpc) is 2.99. The van der Waals surface area contributed by atoms with E-state index in [1.165, 1.54) is 19.8 Å². The first-order chi connectivity index (χ1) is 10.6. The highest BCUT2D eigenvalue weighted by atomic mass is 16.2. The Bertz CT molecular complexity index is 406. The molecule has 0 spiro atoms. The molecule has 1 N–H and O–H groups in total. The lowest BCUT2D eigenvalue weighted by Crippen LogP contribution is -2.27. The average molecular weight is 307 g/mol. The summed E-state index contributed by atoms with van der Waals surface area (Å²) >= 11 is 0. The van der Waals surface area contributed by atoms with Gasteiger partial charge in [0.15, 0.2) is 0 Å². The summed E-state index contributed by atoms with van der Waals surface area (Å²) in [6.45, 7) is 5.86. The second-order valence-corrected chi connectivity index (χ2v) is 5.88. The summed E-state index contributed by atoms with van der Waals surface area (Å²) in [5.41, 5.74) is 0. The molecule has 1 rings (SSSR count). The van der Waals surface area contributed by atoms with Gasteiger partial charge in [0.1, 0.15) is 0 Å². The Morgan fingerprint density at radius 1 is 1.14 bits per heavy atom. The molecule has 0 radical (unpaired) electrons. The summed E-state index contributed by atoms with van der Waals surface area (Å²) < 4.78 is 0. The van der Waals surface area contributed by atoms with Crippen LogP contribution in [0.4, 0.5) is 0 Å². The topological polar surface area (TPSA) is 52.7 Å². The molecule has 1 heterocycles. The van der Waals surface area contributed by atoms with E-state index in [1.54, 1.807) is 4.90 Å². The van der Waals surface area contributed by atoms with Crippen LogP contribution in [-0.2, 0) is 9.59 Å². The van der Waals surface area contributed by atoms with Gasteiger partial charge in [-0.1, -0.05) is 18.3 Å². The van der Waals surface area contributed by atoms with Crippen LogP contribution in [0.1, 0.15) is 45.4 Å². The molecular formula is C17H29N3O2. The van der Waals surface area contributed by atoms with E-state index in [1.807, 2.05) is 7.05 Å². The maximum absolute atomic E-state index is 11.9. The molecule has 1 aliphatic rings.